The molecule has 0 bridgehead atoms. The molecule has 0 aromatic heterocycles. The van der Waals surface area contributed by atoms with Crippen LogP contribution in [0.25, 0.3) is 0 Å². The molecule has 0 saturated carbocycles. The maximum absolute atomic E-state index is 12.2. The summed E-state index contributed by atoms with van der Waals surface area (Å²) in [6, 6.07) is 5.24. The molecular formula is C16H23ClN3O4+. The van der Waals surface area contributed by atoms with Gasteiger partial charge in [-0.2, -0.15) is 0 Å². The van der Waals surface area contributed by atoms with Crippen molar-refractivity contribution in [2.24, 2.45) is 0 Å². The molecule has 1 aromatic rings. The molecule has 0 fully saturated rings. The lowest BCUT2D eigenvalue weighted by molar-refractivity contribution is -0.881. The average Bonchev–Trinajstić information content (AvgIpc) is 2.50. The largest absolute Gasteiger partial charge is 0.450 e. The van der Waals surface area contributed by atoms with Crippen molar-refractivity contribution in [2.45, 2.75) is 20.8 Å². The number of imide groups is 1. The standard InChI is InChI=1S/C16H22ClN3O4/c1-4-20(10-15(22)19-16(23)24-5-2)9-14(21)18-13-8-12(17)7-6-11(13)3/h6-8H,4-5,9-10H2,1-3H3,(H,18,21)(H,19,22,23)/p+1. The molecule has 24 heavy (non-hydrogen) atoms. The molecule has 0 heterocycles. The van der Waals surface area contributed by atoms with E-state index in [9.17, 15) is 14.4 Å². The SMILES string of the molecule is CCOC(=O)NC(=O)C[NH+](CC)CC(=O)Nc1cc(Cl)ccc1C. The fraction of sp³-hybridized carbons (Fsp3) is 0.438. The summed E-state index contributed by atoms with van der Waals surface area (Å²) in [6.45, 7) is 6.20. The first-order valence-electron chi connectivity index (χ1n) is 7.71. The Morgan fingerprint density at radius 2 is 1.83 bits per heavy atom. The Morgan fingerprint density at radius 3 is 2.46 bits per heavy atom. The molecule has 8 heteroatoms. The monoisotopic (exact) mass is 356 g/mol. The van der Waals surface area contributed by atoms with Gasteiger partial charge >= 0.3 is 6.09 Å². The lowest BCUT2D eigenvalue weighted by atomic mass is 10.2. The number of carbonyl (C=O) groups excluding carboxylic acids is 3. The Labute approximate surface area is 146 Å². The number of ether oxygens (including phenoxy) is 1. The smallest absolute Gasteiger partial charge is 0.414 e. The lowest BCUT2D eigenvalue weighted by Gasteiger charge is -2.17. The van der Waals surface area contributed by atoms with Crippen LogP contribution in [0.2, 0.25) is 5.02 Å². The van der Waals surface area contributed by atoms with Gasteiger partial charge in [0.2, 0.25) is 0 Å². The molecular weight excluding hydrogens is 334 g/mol. The highest BCUT2D eigenvalue weighted by molar-refractivity contribution is 6.31. The maximum atomic E-state index is 12.2. The highest BCUT2D eigenvalue weighted by atomic mass is 35.5. The van der Waals surface area contributed by atoms with Crippen LogP contribution in [0.15, 0.2) is 18.2 Å². The van der Waals surface area contributed by atoms with Gasteiger partial charge in [-0.15, -0.1) is 0 Å². The van der Waals surface area contributed by atoms with E-state index in [-0.39, 0.29) is 25.6 Å². The Morgan fingerprint density at radius 1 is 1.17 bits per heavy atom. The van der Waals surface area contributed by atoms with Crippen molar-refractivity contribution in [3.05, 3.63) is 28.8 Å². The van der Waals surface area contributed by atoms with Gasteiger partial charge in [0.05, 0.1) is 13.2 Å². The number of likely N-dealkylation sites (N-methyl/N-ethyl adjacent to an activating group) is 1. The minimum atomic E-state index is -0.781. The maximum Gasteiger partial charge on any atom is 0.414 e. The molecule has 0 aliphatic carbocycles. The zero-order valence-corrected chi connectivity index (χ0v) is 14.8. The highest BCUT2D eigenvalue weighted by Crippen LogP contribution is 2.19. The minimum Gasteiger partial charge on any atom is -0.450 e. The predicted molar refractivity (Wildman–Crippen MR) is 91.2 cm³/mol. The second-order valence-electron chi connectivity index (χ2n) is 5.23. The number of benzene rings is 1. The van der Waals surface area contributed by atoms with Crippen molar-refractivity contribution in [3.63, 3.8) is 0 Å². The fourth-order valence-corrected chi connectivity index (χ4v) is 2.19. The third-order valence-corrected chi connectivity index (χ3v) is 3.55. The van der Waals surface area contributed by atoms with Gasteiger partial charge in [0.15, 0.2) is 13.1 Å². The molecule has 1 atom stereocenters. The van der Waals surface area contributed by atoms with Crippen LogP contribution >= 0.6 is 11.6 Å². The molecule has 3 N–H and O–H groups in total. The van der Waals surface area contributed by atoms with E-state index in [4.69, 9.17) is 11.6 Å². The molecule has 1 unspecified atom stereocenters. The number of hydrogen-bond acceptors (Lipinski definition) is 4. The van der Waals surface area contributed by atoms with E-state index in [1.54, 1.807) is 19.1 Å². The van der Waals surface area contributed by atoms with Crippen LogP contribution in [-0.4, -0.2) is 44.1 Å². The van der Waals surface area contributed by atoms with Crippen LogP contribution in [0, 0.1) is 6.92 Å². The number of quaternary nitrogens is 1. The Balaban J connectivity index is 2.55. The molecule has 1 rings (SSSR count). The lowest BCUT2D eigenvalue weighted by Crippen LogP contribution is -3.14. The first-order valence-corrected chi connectivity index (χ1v) is 8.09. The summed E-state index contributed by atoms with van der Waals surface area (Å²) in [4.78, 5) is 35.8. The molecule has 0 radical (unpaired) electrons. The second kappa shape index (κ2) is 9.89. The summed E-state index contributed by atoms with van der Waals surface area (Å²) >= 11 is 5.92. The van der Waals surface area contributed by atoms with Crippen molar-refractivity contribution < 1.29 is 24.0 Å². The third kappa shape index (κ3) is 6.97. The van der Waals surface area contributed by atoms with Gasteiger partial charge in [-0.05, 0) is 38.5 Å². The Kier molecular flexibility index (Phi) is 8.21. The summed E-state index contributed by atoms with van der Waals surface area (Å²) in [7, 11) is 0. The van der Waals surface area contributed by atoms with E-state index in [1.807, 2.05) is 19.9 Å². The number of amides is 3. The number of aryl methyl sites for hydroxylation is 1. The molecule has 7 nitrogen and oxygen atoms in total. The minimum absolute atomic E-state index is 0.00272. The van der Waals surface area contributed by atoms with Crippen LogP contribution in [0.4, 0.5) is 10.5 Å². The zero-order chi connectivity index (χ0) is 18.1. The van der Waals surface area contributed by atoms with Crippen molar-refractivity contribution in [3.8, 4) is 0 Å². The van der Waals surface area contributed by atoms with Crippen LogP contribution < -0.4 is 15.5 Å². The summed E-state index contributed by atoms with van der Waals surface area (Å²) < 4.78 is 4.64. The summed E-state index contributed by atoms with van der Waals surface area (Å²) in [5.41, 5.74) is 1.53. The topological polar surface area (TPSA) is 88.9 Å². The second-order valence-corrected chi connectivity index (χ2v) is 5.67. The van der Waals surface area contributed by atoms with Crippen molar-refractivity contribution in [1.82, 2.24) is 5.32 Å². The number of alkyl carbamates (subject to hydrolysis) is 1. The van der Waals surface area contributed by atoms with Gasteiger partial charge in [0.1, 0.15) is 0 Å². The Bertz CT molecular complexity index is 607. The molecule has 0 saturated heterocycles. The average molecular weight is 357 g/mol. The van der Waals surface area contributed by atoms with Crippen molar-refractivity contribution >= 4 is 35.2 Å². The summed E-state index contributed by atoms with van der Waals surface area (Å²) in [5, 5.41) is 5.43. The Hall–Kier alpha value is -2.12. The normalized spacial score (nSPS) is 11.5. The van der Waals surface area contributed by atoms with Crippen LogP contribution in [0.3, 0.4) is 0 Å². The van der Waals surface area contributed by atoms with Crippen LogP contribution in [0.1, 0.15) is 19.4 Å². The van der Waals surface area contributed by atoms with Crippen molar-refractivity contribution in [2.75, 3.05) is 31.6 Å². The summed E-state index contributed by atoms with van der Waals surface area (Å²) in [5.74, 6) is -0.724. The van der Waals surface area contributed by atoms with Crippen LogP contribution in [0.5, 0.6) is 0 Å². The highest BCUT2D eigenvalue weighted by Gasteiger charge is 2.19. The third-order valence-electron chi connectivity index (χ3n) is 3.31. The molecule has 0 spiro atoms. The summed E-state index contributed by atoms with van der Waals surface area (Å²) in [6.07, 6.45) is -0.781. The number of nitrogens with one attached hydrogen (secondary N) is 3. The molecule has 132 valence electrons. The van der Waals surface area contributed by atoms with Gasteiger partial charge in [0.25, 0.3) is 11.8 Å². The quantitative estimate of drug-likeness (QED) is 0.673. The number of halogens is 1. The predicted octanol–water partition coefficient (Wildman–Crippen LogP) is 0.764. The van der Waals surface area contributed by atoms with Gasteiger partial charge in [-0.3, -0.25) is 14.9 Å². The molecule has 0 aliphatic heterocycles. The number of carbonyl (C=O) groups is 3. The molecule has 3 amide bonds. The van der Waals surface area contributed by atoms with Crippen molar-refractivity contribution in [1.29, 1.82) is 0 Å². The first-order chi connectivity index (χ1) is 11.3. The van der Waals surface area contributed by atoms with Crippen LogP contribution in [-0.2, 0) is 14.3 Å². The van der Waals surface area contributed by atoms with Gasteiger partial charge in [0, 0.05) is 10.7 Å². The number of anilines is 1. The van der Waals surface area contributed by atoms with E-state index in [0.29, 0.717) is 22.2 Å². The van der Waals surface area contributed by atoms with E-state index < -0.39 is 12.0 Å². The van der Waals surface area contributed by atoms with Gasteiger partial charge in [-0.1, -0.05) is 17.7 Å². The van der Waals surface area contributed by atoms with Gasteiger partial charge in [-0.25, -0.2) is 4.79 Å². The zero-order valence-electron chi connectivity index (χ0n) is 14.1. The van der Waals surface area contributed by atoms with E-state index in [0.717, 1.165) is 5.56 Å². The van der Waals surface area contributed by atoms with E-state index >= 15 is 0 Å². The molecule has 0 aliphatic rings. The van der Waals surface area contributed by atoms with E-state index in [2.05, 4.69) is 15.4 Å². The van der Waals surface area contributed by atoms with E-state index in [1.165, 1.54) is 0 Å². The molecule has 1 aromatic carbocycles. The number of hydrogen-bond donors (Lipinski definition) is 3. The fourth-order valence-electron chi connectivity index (χ4n) is 2.02. The van der Waals surface area contributed by atoms with Gasteiger partial charge < -0.3 is 15.0 Å². The first kappa shape index (κ1) is 19.9. The number of rotatable bonds is 7.